The number of hydrogen-bond donors (Lipinski definition) is 1. The van der Waals surface area contributed by atoms with Crippen LogP contribution in [0.5, 0.6) is 0 Å². The summed E-state index contributed by atoms with van der Waals surface area (Å²) in [6.45, 7) is -0.362. The topological polar surface area (TPSA) is 66.5 Å². The molecule has 1 saturated carbocycles. The molecule has 1 N–H and O–H groups in total. The van der Waals surface area contributed by atoms with Crippen LogP contribution >= 0.6 is 0 Å². The van der Waals surface area contributed by atoms with Crippen molar-refractivity contribution in [3.8, 4) is 0 Å². The molecule has 5 nitrogen and oxygen atoms in total. The predicted molar refractivity (Wildman–Crippen MR) is 88.1 cm³/mol. The highest BCUT2D eigenvalue weighted by Gasteiger charge is 2.25. The van der Waals surface area contributed by atoms with Crippen LogP contribution in [0.2, 0.25) is 0 Å². The molecule has 1 fully saturated rings. The zero-order valence-corrected chi connectivity index (χ0v) is 14.7. The minimum Gasteiger partial charge on any atom is -0.353 e. The van der Waals surface area contributed by atoms with Gasteiger partial charge in [-0.05, 0) is 25.0 Å². The molecule has 140 valence electrons. The molecule has 1 aliphatic rings. The van der Waals surface area contributed by atoms with E-state index in [0.29, 0.717) is 10.4 Å². The maximum Gasteiger partial charge on any atom is 0.232 e. The Morgan fingerprint density at radius 3 is 2.40 bits per heavy atom. The maximum atomic E-state index is 13.9. The van der Waals surface area contributed by atoms with Gasteiger partial charge in [-0.2, -0.15) is 0 Å². The Labute approximate surface area is 145 Å². The Bertz CT molecular complexity index is 734. The Kier molecular flexibility index (Phi) is 6.31. The van der Waals surface area contributed by atoms with Crippen molar-refractivity contribution in [2.75, 3.05) is 17.1 Å². The molecule has 0 bridgehead atoms. The first-order valence-corrected chi connectivity index (χ1v) is 9.95. The molecule has 0 heterocycles. The smallest absolute Gasteiger partial charge is 0.232 e. The molecule has 0 aromatic heterocycles. The van der Waals surface area contributed by atoms with Gasteiger partial charge >= 0.3 is 0 Å². The highest BCUT2D eigenvalue weighted by Crippen LogP contribution is 2.26. The van der Waals surface area contributed by atoms with Crippen molar-refractivity contribution in [1.29, 1.82) is 0 Å². The number of nitrogens with zero attached hydrogens (tertiary/aromatic N) is 1. The van der Waals surface area contributed by atoms with E-state index in [1.165, 1.54) is 0 Å². The van der Waals surface area contributed by atoms with Crippen LogP contribution in [0.3, 0.4) is 0 Å². The lowest BCUT2D eigenvalue weighted by Crippen LogP contribution is -2.39. The number of halogens is 3. The fourth-order valence-corrected chi connectivity index (χ4v) is 3.84. The van der Waals surface area contributed by atoms with E-state index in [1.54, 1.807) is 0 Å². The van der Waals surface area contributed by atoms with Crippen LogP contribution in [0, 0.1) is 17.5 Å². The fourth-order valence-electron chi connectivity index (χ4n) is 2.92. The number of benzene rings is 1. The summed E-state index contributed by atoms with van der Waals surface area (Å²) >= 11 is 0. The predicted octanol–water partition coefficient (Wildman–Crippen LogP) is 2.71. The van der Waals surface area contributed by atoms with Crippen molar-refractivity contribution in [3.63, 3.8) is 0 Å². The number of anilines is 1. The van der Waals surface area contributed by atoms with Crippen molar-refractivity contribution < 1.29 is 26.4 Å². The monoisotopic (exact) mass is 378 g/mol. The number of sulfonamides is 1. The summed E-state index contributed by atoms with van der Waals surface area (Å²) in [6, 6.07) is 1.55. The first-order valence-electron chi connectivity index (χ1n) is 8.10. The lowest BCUT2D eigenvalue weighted by atomic mass is 9.95. The normalized spacial score (nSPS) is 15.8. The first kappa shape index (κ1) is 19.6. The van der Waals surface area contributed by atoms with Gasteiger partial charge < -0.3 is 5.32 Å². The number of nitrogens with one attached hydrogen (secondary N) is 1. The molecule has 0 aliphatic heterocycles. The van der Waals surface area contributed by atoms with Crippen LogP contribution in [-0.2, 0) is 14.8 Å². The van der Waals surface area contributed by atoms with E-state index in [0.717, 1.165) is 44.4 Å². The molecule has 1 aromatic carbocycles. The molecular weight excluding hydrogens is 357 g/mol. The van der Waals surface area contributed by atoms with E-state index in [9.17, 15) is 26.4 Å². The van der Waals surface area contributed by atoms with Crippen molar-refractivity contribution >= 4 is 21.6 Å². The summed E-state index contributed by atoms with van der Waals surface area (Å²) in [5.41, 5.74) is -0.619. The van der Waals surface area contributed by atoms with Crippen LogP contribution in [0.1, 0.15) is 38.5 Å². The van der Waals surface area contributed by atoms with Gasteiger partial charge in [-0.3, -0.25) is 9.10 Å². The highest BCUT2D eigenvalue weighted by atomic mass is 32.2. The third kappa shape index (κ3) is 5.10. The second-order valence-corrected chi connectivity index (χ2v) is 8.09. The Balaban J connectivity index is 2.09. The summed E-state index contributed by atoms with van der Waals surface area (Å²) in [5, 5.41) is 2.82. The quantitative estimate of drug-likeness (QED) is 0.774. The van der Waals surface area contributed by atoms with Gasteiger partial charge in [0.05, 0.1) is 11.9 Å². The van der Waals surface area contributed by atoms with Gasteiger partial charge in [-0.25, -0.2) is 21.6 Å². The maximum absolute atomic E-state index is 13.9. The number of amides is 1. The van der Waals surface area contributed by atoms with Crippen molar-refractivity contribution in [2.24, 2.45) is 0 Å². The average molecular weight is 378 g/mol. The SMILES string of the molecule is CS(=O)(=O)N(CCC(=O)NC1CCCCC1)c1ccc(F)c(F)c1F. The average Bonchev–Trinajstić information content (AvgIpc) is 2.54. The van der Waals surface area contributed by atoms with Crippen molar-refractivity contribution in [3.05, 3.63) is 29.6 Å². The Hall–Kier alpha value is -1.77. The Morgan fingerprint density at radius 2 is 1.80 bits per heavy atom. The second-order valence-electron chi connectivity index (χ2n) is 6.18. The number of rotatable bonds is 6. The van der Waals surface area contributed by atoms with Crippen LogP contribution in [-0.4, -0.2) is 33.2 Å². The summed E-state index contributed by atoms with van der Waals surface area (Å²) in [5.74, 6) is -5.12. The van der Waals surface area contributed by atoms with E-state index < -0.39 is 33.2 Å². The minimum atomic E-state index is -3.97. The van der Waals surface area contributed by atoms with E-state index in [1.807, 2.05) is 0 Å². The molecule has 1 aromatic rings. The van der Waals surface area contributed by atoms with Gasteiger partial charge in [-0.15, -0.1) is 0 Å². The molecule has 2 rings (SSSR count). The van der Waals surface area contributed by atoms with Gasteiger partial charge in [-0.1, -0.05) is 19.3 Å². The zero-order valence-electron chi connectivity index (χ0n) is 13.9. The molecule has 1 aliphatic carbocycles. The van der Waals surface area contributed by atoms with Gasteiger partial charge in [0.2, 0.25) is 15.9 Å². The minimum absolute atomic E-state index is 0.0629. The summed E-state index contributed by atoms with van der Waals surface area (Å²) in [7, 11) is -3.97. The molecule has 0 saturated heterocycles. The Morgan fingerprint density at radius 1 is 1.16 bits per heavy atom. The molecule has 0 spiro atoms. The third-order valence-corrected chi connectivity index (χ3v) is 5.38. The lowest BCUT2D eigenvalue weighted by molar-refractivity contribution is -0.121. The van der Waals surface area contributed by atoms with E-state index in [4.69, 9.17) is 0 Å². The molecule has 1 amide bonds. The molecular formula is C16H21F3N2O3S. The first-order chi connectivity index (χ1) is 11.7. The van der Waals surface area contributed by atoms with E-state index in [-0.39, 0.29) is 24.9 Å². The standard InChI is InChI=1S/C16H21F3N2O3S/c1-25(23,24)21(13-8-7-12(17)15(18)16(13)19)10-9-14(22)20-11-5-3-2-4-6-11/h7-8,11H,2-6,9-10H2,1H3,(H,20,22). The van der Waals surface area contributed by atoms with Gasteiger partial charge in [0.25, 0.3) is 0 Å². The summed E-state index contributed by atoms with van der Waals surface area (Å²) in [4.78, 5) is 12.0. The zero-order chi connectivity index (χ0) is 18.6. The van der Waals surface area contributed by atoms with Gasteiger partial charge in [0.1, 0.15) is 0 Å². The molecule has 25 heavy (non-hydrogen) atoms. The van der Waals surface area contributed by atoms with Crippen molar-refractivity contribution in [1.82, 2.24) is 5.32 Å². The van der Waals surface area contributed by atoms with Crippen LogP contribution in [0.4, 0.5) is 18.9 Å². The molecule has 0 atom stereocenters. The lowest BCUT2D eigenvalue weighted by Gasteiger charge is -2.25. The fraction of sp³-hybridized carbons (Fsp3) is 0.562. The summed E-state index contributed by atoms with van der Waals surface area (Å²) in [6.07, 6.45) is 5.54. The van der Waals surface area contributed by atoms with E-state index >= 15 is 0 Å². The van der Waals surface area contributed by atoms with Crippen LogP contribution < -0.4 is 9.62 Å². The van der Waals surface area contributed by atoms with Gasteiger partial charge in [0.15, 0.2) is 17.5 Å². The van der Waals surface area contributed by atoms with E-state index in [2.05, 4.69) is 5.32 Å². The number of carbonyl (C=O) groups excluding carboxylic acids is 1. The number of hydrogen-bond acceptors (Lipinski definition) is 3. The number of carbonyl (C=O) groups is 1. The van der Waals surface area contributed by atoms with Gasteiger partial charge in [0, 0.05) is 19.0 Å². The van der Waals surface area contributed by atoms with Crippen LogP contribution in [0.15, 0.2) is 12.1 Å². The summed E-state index contributed by atoms with van der Waals surface area (Å²) < 4.78 is 64.7. The molecule has 0 unspecified atom stereocenters. The molecule has 0 radical (unpaired) electrons. The molecule has 9 heteroatoms. The highest BCUT2D eigenvalue weighted by molar-refractivity contribution is 7.92. The van der Waals surface area contributed by atoms with Crippen molar-refractivity contribution in [2.45, 2.75) is 44.6 Å². The second kappa shape index (κ2) is 8.07. The van der Waals surface area contributed by atoms with Crippen LogP contribution in [0.25, 0.3) is 0 Å². The third-order valence-electron chi connectivity index (χ3n) is 4.20. The largest absolute Gasteiger partial charge is 0.353 e.